The van der Waals surface area contributed by atoms with E-state index >= 15 is 4.39 Å². The summed E-state index contributed by atoms with van der Waals surface area (Å²) in [5, 5.41) is 9.72. The summed E-state index contributed by atoms with van der Waals surface area (Å²) in [5.74, 6) is -2.01. The Balaban J connectivity index is 1.45. The number of benzene rings is 2. The van der Waals surface area contributed by atoms with Crippen molar-refractivity contribution in [3.63, 3.8) is 0 Å². The van der Waals surface area contributed by atoms with Gasteiger partial charge in [0.2, 0.25) is 5.91 Å². The van der Waals surface area contributed by atoms with Crippen LogP contribution in [0.4, 0.5) is 23.2 Å². The molecule has 4 heterocycles. The molecule has 0 saturated carbocycles. The maximum absolute atomic E-state index is 15.4. The summed E-state index contributed by atoms with van der Waals surface area (Å²) in [6, 6.07) is 10.6. The fraction of sp³-hybridized carbons (Fsp3) is 0.226. The van der Waals surface area contributed by atoms with Crippen molar-refractivity contribution in [2.24, 2.45) is 5.92 Å². The molecule has 0 aliphatic carbocycles. The van der Waals surface area contributed by atoms with Crippen molar-refractivity contribution in [2.75, 3.05) is 5.32 Å². The molecule has 1 aliphatic heterocycles. The second-order valence-corrected chi connectivity index (χ2v) is 11.1. The van der Waals surface area contributed by atoms with Crippen molar-refractivity contribution >= 4 is 23.2 Å². The first-order chi connectivity index (χ1) is 21.6. The molecule has 2 bridgehead atoms. The van der Waals surface area contributed by atoms with Crippen molar-refractivity contribution < 1.29 is 22.4 Å². The fourth-order valence-electron chi connectivity index (χ4n) is 5.35. The molecule has 2 aromatic carbocycles. The predicted octanol–water partition coefficient (Wildman–Crippen LogP) is 6.77. The Labute approximate surface area is 258 Å². The zero-order valence-electron chi connectivity index (χ0n) is 23.6. The van der Waals surface area contributed by atoms with E-state index in [1.807, 2.05) is 0 Å². The summed E-state index contributed by atoms with van der Waals surface area (Å²) in [5.41, 5.74) is 0.458. The third-order valence-corrected chi connectivity index (χ3v) is 8.01. The summed E-state index contributed by atoms with van der Waals surface area (Å²) >= 11 is 6.05. The normalized spacial score (nSPS) is 16.9. The number of halogens is 5. The average molecular weight is 638 g/mol. The highest BCUT2D eigenvalue weighted by molar-refractivity contribution is 6.31. The smallest absolute Gasteiger partial charge is 0.283 e. The Morgan fingerprint density at radius 2 is 1.84 bits per heavy atom. The summed E-state index contributed by atoms with van der Waals surface area (Å²) in [4.78, 5) is 35.5. The van der Waals surface area contributed by atoms with Crippen LogP contribution >= 0.6 is 11.6 Å². The highest BCUT2D eigenvalue weighted by Gasteiger charge is 2.25. The molecule has 0 unspecified atom stereocenters. The van der Waals surface area contributed by atoms with Crippen molar-refractivity contribution in [3.8, 4) is 28.1 Å². The number of amides is 1. The molecule has 3 aromatic heterocycles. The molecule has 230 valence electrons. The fourth-order valence-corrected chi connectivity index (χ4v) is 5.50. The van der Waals surface area contributed by atoms with Crippen LogP contribution in [0.5, 0.6) is 0 Å². The lowest BCUT2D eigenvalue weighted by atomic mass is 9.95. The van der Waals surface area contributed by atoms with E-state index < -0.39 is 35.4 Å². The molecule has 0 fully saturated rings. The minimum Gasteiger partial charge on any atom is -0.325 e. The molecule has 0 spiro atoms. The SMILES string of the molecule is C[C@@H]1CCC[C@H](n2cnc(-c3c(-n4cc(C(F)F)nn4)ccc(Cl)c3F)cc2=O)c2cc(ccn2)-c2cc(F)ccc2NC1=O. The van der Waals surface area contributed by atoms with Gasteiger partial charge in [-0.1, -0.05) is 30.2 Å². The number of hydrogen-bond acceptors (Lipinski definition) is 6. The standard InChI is InChI=1S/C31H24ClF4N7O2/c1-16-3-2-4-25(22-11-17(9-10-37-22)19-12-18(33)5-7-21(19)39-31(16)45)42-15-38-23(13-27(42)44)28-26(8-6-20(32)29(28)34)43-14-24(30(35)36)40-41-43/h5-16,25,30H,2-4H2,1H3,(H,39,45)/t16-,25+/m1/s1. The molecule has 9 nitrogen and oxygen atoms in total. The van der Waals surface area contributed by atoms with Gasteiger partial charge in [0.15, 0.2) is 5.82 Å². The highest BCUT2D eigenvalue weighted by Crippen LogP contribution is 2.35. The van der Waals surface area contributed by atoms with E-state index in [0.717, 1.165) is 16.9 Å². The maximum atomic E-state index is 15.4. The van der Waals surface area contributed by atoms with E-state index in [-0.39, 0.29) is 33.8 Å². The third-order valence-electron chi connectivity index (χ3n) is 7.72. The van der Waals surface area contributed by atoms with E-state index in [2.05, 4.69) is 25.6 Å². The Morgan fingerprint density at radius 1 is 1.02 bits per heavy atom. The van der Waals surface area contributed by atoms with Crippen LogP contribution in [0, 0.1) is 17.6 Å². The molecule has 1 amide bonds. The molecular formula is C31H24ClF4N7O2. The van der Waals surface area contributed by atoms with Crippen LogP contribution in [0.2, 0.25) is 5.02 Å². The van der Waals surface area contributed by atoms with Crippen LogP contribution in [-0.4, -0.2) is 35.4 Å². The molecule has 14 heteroatoms. The maximum Gasteiger partial charge on any atom is 0.283 e. The Hall–Kier alpha value is -4.91. The first-order valence-corrected chi connectivity index (χ1v) is 14.3. The zero-order valence-corrected chi connectivity index (χ0v) is 24.3. The molecular weight excluding hydrogens is 614 g/mol. The number of nitrogens with zero attached hydrogens (tertiary/aromatic N) is 6. The van der Waals surface area contributed by atoms with E-state index in [0.29, 0.717) is 41.8 Å². The Kier molecular flexibility index (Phi) is 8.19. The monoisotopic (exact) mass is 637 g/mol. The number of fused-ring (bicyclic) bond motifs is 4. The van der Waals surface area contributed by atoms with Crippen LogP contribution in [0.1, 0.15) is 50.0 Å². The van der Waals surface area contributed by atoms with Gasteiger partial charge in [-0.3, -0.25) is 19.1 Å². The van der Waals surface area contributed by atoms with E-state index in [1.165, 1.54) is 47.4 Å². The van der Waals surface area contributed by atoms with Gasteiger partial charge >= 0.3 is 0 Å². The highest BCUT2D eigenvalue weighted by atomic mass is 35.5. The lowest BCUT2D eigenvalue weighted by Gasteiger charge is -2.23. The van der Waals surface area contributed by atoms with Gasteiger partial charge in [0.1, 0.15) is 11.5 Å². The second kappa shape index (κ2) is 12.2. The third kappa shape index (κ3) is 5.95. The van der Waals surface area contributed by atoms with Crippen molar-refractivity contribution in [1.82, 2.24) is 29.5 Å². The van der Waals surface area contributed by atoms with E-state index in [9.17, 15) is 22.8 Å². The quantitative estimate of drug-likeness (QED) is 0.218. The number of carbonyl (C=O) groups excluding carboxylic acids is 1. The van der Waals surface area contributed by atoms with Crippen LogP contribution < -0.4 is 10.9 Å². The number of hydrogen-bond donors (Lipinski definition) is 1. The van der Waals surface area contributed by atoms with Gasteiger partial charge in [0.25, 0.3) is 12.0 Å². The Morgan fingerprint density at radius 3 is 2.60 bits per heavy atom. The Bertz CT molecular complexity index is 1980. The molecule has 0 saturated heterocycles. The van der Waals surface area contributed by atoms with Gasteiger partial charge in [0, 0.05) is 29.4 Å². The summed E-state index contributed by atoms with van der Waals surface area (Å²) < 4.78 is 58.4. The van der Waals surface area contributed by atoms with E-state index in [1.54, 1.807) is 19.1 Å². The van der Waals surface area contributed by atoms with Crippen molar-refractivity contribution in [1.29, 1.82) is 0 Å². The first-order valence-electron chi connectivity index (χ1n) is 13.9. The van der Waals surface area contributed by atoms with E-state index in [4.69, 9.17) is 11.6 Å². The lowest BCUT2D eigenvalue weighted by Crippen LogP contribution is -2.27. The molecule has 0 radical (unpaired) electrons. The lowest BCUT2D eigenvalue weighted by molar-refractivity contribution is -0.119. The average Bonchev–Trinajstić information content (AvgIpc) is 3.52. The van der Waals surface area contributed by atoms with Crippen LogP contribution in [0.25, 0.3) is 28.1 Å². The zero-order chi connectivity index (χ0) is 31.8. The number of aromatic nitrogens is 6. The molecule has 1 N–H and O–H groups in total. The number of rotatable bonds is 4. The minimum atomic E-state index is -2.90. The molecule has 6 rings (SSSR count). The van der Waals surface area contributed by atoms with Crippen LogP contribution in [0.3, 0.4) is 0 Å². The van der Waals surface area contributed by atoms with Gasteiger partial charge in [-0.2, -0.15) is 0 Å². The van der Waals surface area contributed by atoms with Crippen LogP contribution in [0.15, 0.2) is 72.0 Å². The molecule has 2 atom stereocenters. The summed E-state index contributed by atoms with van der Waals surface area (Å²) in [7, 11) is 0. The molecule has 45 heavy (non-hydrogen) atoms. The van der Waals surface area contributed by atoms with Gasteiger partial charge < -0.3 is 5.32 Å². The largest absolute Gasteiger partial charge is 0.325 e. The van der Waals surface area contributed by atoms with Gasteiger partial charge in [-0.15, -0.1) is 5.10 Å². The number of alkyl halides is 2. The first kappa shape index (κ1) is 30.1. The second-order valence-electron chi connectivity index (χ2n) is 10.7. The van der Waals surface area contributed by atoms with Gasteiger partial charge in [-0.05, 0) is 60.9 Å². The van der Waals surface area contributed by atoms with Gasteiger partial charge in [-0.25, -0.2) is 27.2 Å². The van der Waals surface area contributed by atoms with Gasteiger partial charge in [0.05, 0.1) is 46.2 Å². The predicted molar refractivity (Wildman–Crippen MR) is 158 cm³/mol. The van der Waals surface area contributed by atoms with Crippen molar-refractivity contribution in [2.45, 2.75) is 38.7 Å². The number of anilines is 1. The topological polar surface area (TPSA) is 108 Å². The van der Waals surface area contributed by atoms with Crippen LogP contribution in [-0.2, 0) is 4.79 Å². The molecule has 1 aliphatic rings. The molecule has 5 aromatic rings. The summed E-state index contributed by atoms with van der Waals surface area (Å²) in [6.07, 6.45) is 2.28. The summed E-state index contributed by atoms with van der Waals surface area (Å²) in [6.45, 7) is 1.79. The number of carbonyl (C=O) groups is 1. The van der Waals surface area contributed by atoms with Crippen molar-refractivity contribution in [3.05, 3.63) is 106 Å². The number of pyridine rings is 1. The minimum absolute atomic E-state index is 0.000476. The number of nitrogens with one attached hydrogen (secondary N) is 1.